The lowest BCUT2D eigenvalue weighted by Gasteiger charge is -2.19. The molecule has 0 spiro atoms. The molecule has 12 aromatic rings. The van der Waals surface area contributed by atoms with E-state index in [1.54, 1.807) is 0 Å². The van der Waals surface area contributed by atoms with Crippen molar-refractivity contribution in [3.8, 4) is 44.5 Å². The summed E-state index contributed by atoms with van der Waals surface area (Å²) in [6, 6.07) is 52.0. The molecular weight excluding hydrogens is 719 g/mol. The van der Waals surface area contributed by atoms with Gasteiger partial charge in [0.1, 0.15) is 34.0 Å². The van der Waals surface area contributed by atoms with Crippen LogP contribution >= 0.6 is 0 Å². The maximum absolute atomic E-state index is 14.5. The first kappa shape index (κ1) is 32.9. The van der Waals surface area contributed by atoms with Gasteiger partial charge < -0.3 is 8.83 Å². The molecule has 0 unspecified atom stereocenters. The molecule has 0 saturated carbocycles. The number of furan rings is 2. The Bertz CT molecular complexity index is 3400. The Hall–Kier alpha value is -7.30. The van der Waals surface area contributed by atoms with Crippen molar-refractivity contribution >= 4 is 76.2 Å². The third-order valence-corrected chi connectivity index (χ3v) is 12.2. The summed E-state index contributed by atoms with van der Waals surface area (Å²) in [6.07, 6.45) is 0. The second-order valence-electron chi connectivity index (χ2n) is 15.6. The lowest BCUT2D eigenvalue weighted by molar-refractivity contribution is 0.627. The van der Waals surface area contributed by atoms with Crippen molar-refractivity contribution in [3.63, 3.8) is 0 Å². The fourth-order valence-corrected chi connectivity index (χ4v) is 9.42. The van der Waals surface area contributed by atoms with Crippen LogP contribution in [0, 0.1) is 25.5 Å². The first-order chi connectivity index (χ1) is 28.4. The highest BCUT2D eigenvalue weighted by atomic mass is 19.1. The van der Waals surface area contributed by atoms with Crippen LogP contribution < -0.4 is 0 Å². The normalized spacial score (nSPS) is 12.1. The second-order valence-corrected chi connectivity index (χ2v) is 15.6. The van der Waals surface area contributed by atoms with Crippen molar-refractivity contribution in [2.24, 2.45) is 0 Å². The van der Waals surface area contributed by atoms with Crippen molar-refractivity contribution in [2.45, 2.75) is 13.8 Å². The molecule has 2 heterocycles. The van der Waals surface area contributed by atoms with E-state index in [1.807, 2.05) is 24.3 Å². The van der Waals surface area contributed by atoms with E-state index < -0.39 is 0 Å². The maximum atomic E-state index is 14.5. The molecule has 10 aromatic carbocycles. The Morgan fingerprint density at radius 2 is 0.724 bits per heavy atom. The SMILES string of the molecule is Cc1ccccc1-c1ccc2c(c1)oc1c2cc2c(-c3ccc(F)cc3)cc3c4oc5cc(-c6ccccc6C)ccc5c4cc4c(-c5ccc(F)cc5)cc1c2c43. The largest absolute Gasteiger partial charge is 0.455 e. The molecule has 0 atom stereocenters. The van der Waals surface area contributed by atoms with E-state index in [4.69, 9.17) is 8.83 Å². The van der Waals surface area contributed by atoms with Gasteiger partial charge in [0, 0.05) is 43.1 Å². The molecule has 4 heteroatoms. The Balaban J connectivity index is 1.25. The van der Waals surface area contributed by atoms with Crippen LogP contribution in [0.25, 0.3) is 121 Å². The molecule has 0 fully saturated rings. The van der Waals surface area contributed by atoms with Crippen LogP contribution in [0.4, 0.5) is 8.78 Å². The third-order valence-electron chi connectivity index (χ3n) is 12.2. The van der Waals surface area contributed by atoms with Gasteiger partial charge in [0.25, 0.3) is 0 Å². The van der Waals surface area contributed by atoms with E-state index in [0.29, 0.717) is 0 Å². The van der Waals surface area contributed by atoms with E-state index in [0.717, 1.165) is 121 Å². The van der Waals surface area contributed by atoms with E-state index in [1.165, 1.54) is 35.4 Å². The van der Waals surface area contributed by atoms with Crippen LogP contribution in [0.15, 0.2) is 167 Å². The Morgan fingerprint density at radius 3 is 1.14 bits per heavy atom. The third kappa shape index (κ3) is 4.75. The molecule has 0 radical (unpaired) electrons. The smallest absolute Gasteiger partial charge is 0.143 e. The topological polar surface area (TPSA) is 26.3 Å². The standard InChI is InChI=1S/C54H32F2O2/c1-29-7-3-5-9-37(29)33-15-21-39-45-27-43-42(32-13-19-36(56)20-14-32)26-48-52-44(28-46-40-22-16-34(24-50(40)58-54(46)48)38-10-6-4-8-30(38)2)41(31-11-17-35(55)18-12-31)25-47(51(43)52)53(45)57-49(39)23-33/h3-28H,1-2H3. The summed E-state index contributed by atoms with van der Waals surface area (Å²) in [5.74, 6) is -0.580. The Labute approximate surface area is 331 Å². The van der Waals surface area contributed by atoms with Crippen molar-refractivity contribution in [1.82, 2.24) is 0 Å². The average Bonchev–Trinajstić information content (AvgIpc) is 3.81. The van der Waals surface area contributed by atoms with Gasteiger partial charge in [0.2, 0.25) is 0 Å². The van der Waals surface area contributed by atoms with Crippen molar-refractivity contribution in [2.75, 3.05) is 0 Å². The van der Waals surface area contributed by atoms with Gasteiger partial charge in [-0.25, -0.2) is 8.78 Å². The number of halogens is 2. The fraction of sp³-hybridized carbons (Fsp3) is 0.0370. The van der Waals surface area contributed by atoms with Gasteiger partial charge in [-0.15, -0.1) is 0 Å². The van der Waals surface area contributed by atoms with Gasteiger partial charge in [-0.2, -0.15) is 0 Å². The van der Waals surface area contributed by atoms with Crippen LogP contribution in [0.1, 0.15) is 11.1 Å². The number of fused-ring (bicyclic) bond motifs is 8. The highest BCUT2D eigenvalue weighted by Gasteiger charge is 2.25. The molecule has 2 aromatic heterocycles. The number of rotatable bonds is 4. The monoisotopic (exact) mass is 750 g/mol. The number of hydrogen-bond donors (Lipinski definition) is 0. The second kappa shape index (κ2) is 12.1. The van der Waals surface area contributed by atoms with Gasteiger partial charge >= 0.3 is 0 Å². The summed E-state index contributed by atoms with van der Waals surface area (Å²) in [7, 11) is 0. The van der Waals surface area contributed by atoms with Crippen molar-refractivity contribution < 1.29 is 17.6 Å². The first-order valence-corrected chi connectivity index (χ1v) is 19.5. The summed E-state index contributed by atoms with van der Waals surface area (Å²) in [5, 5.41) is 10.0. The summed E-state index contributed by atoms with van der Waals surface area (Å²) >= 11 is 0. The molecule has 0 aliphatic rings. The molecule has 58 heavy (non-hydrogen) atoms. The van der Waals surface area contributed by atoms with Gasteiger partial charge in [-0.1, -0.05) is 84.9 Å². The van der Waals surface area contributed by atoms with E-state index in [9.17, 15) is 8.78 Å². The summed E-state index contributed by atoms with van der Waals surface area (Å²) < 4.78 is 42.9. The minimum Gasteiger partial charge on any atom is -0.455 e. The predicted molar refractivity (Wildman–Crippen MR) is 236 cm³/mol. The Kier molecular flexibility index (Phi) is 6.86. The fourth-order valence-electron chi connectivity index (χ4n) is 9.42. The van der Waals surface area contributed by atoms with Crippen molar-refractivity contribution in [1.29, 1.82) is 0 Å². The highest BCUT2D eigenvalue weighted by molar-refractivity contribution is 6.38. The first-order valence-electron chi connectivity index (χ1n) is 19.5. The molecule has 0 amide bonds. The van der Waals surface area contributed by atoms with E-state index in [-0.39, 0.29) is 11.6 Å². The van der Waals surface area contributed by atoms with E-state index >= 15 is 0 Å². The lowest BCUT2D eigenvalue weighted by Crippen LogP contribution is -1.92. The average molecular weight is 751 g/mol. The van der Waals surface area contributed by atoms with Crippen LogP contribution in [-0.4, -0.2) is 0 Å². The minimum atomic E-state index is -0.290. The molecule has 0 N–H and O–H groups in total. The van der Waals surface area contributed by atoms with Crippen LogP contribution in [-0.2, 0) is 0 Å². The van der Waals surface area contributed by atoms with Crippen LogP contribution in [0.3, 0.4) is 0 Å². The molecule has 0 bridgehead atoms. The molecule has 2 nitrogen and oxygen atoms in total. The van der Waals surface area contributed by atoms with Crippen LogP contribution in [0.2, 0.25) is 0 Å². The highest BCUT2D eigenvalue weighted by Crippen LogP contribution is 2.51. The van der Waals surface area contributed by atoms with E-state index in [2.05, 4.69) is 123 Å². The Morgan fingerprint density at radius 1 is 0.328 bits per heavy atom. The van der Waals surface area contributed by atoms with Gasteiger partial charge in [-0.3, -0.25) is 0 Å². The number of aryl methyl sites for hydroxylation is 2. The molecular formula is C54H32F2O2. The molecule has 12 rings (SSSR count). The zero-order chi connectivity index (χ0) is 38.8. The van der Waals surface area contributed by atoms with Gasteiger partial charge in [0.15, 0.2) is 0 Å². The molecule has 0 aliphatic heterocycles. The summed E-state index contributed by atoms with van der Waals surface area (Å²) in [6.45, 7) is 4.25. The van der Waals surface area contributed by atoms with Gasteiger partial charge in [0.05, 0.1) is 0 Å². The number of benzene rings is 10. The quantitative estimate of drug-likeness (QED) is 0.167. The molecule has 0 aliphatic carbocycles. The number of hydrogen-bond acceptors (Lipinski definition) is 2. The maximum Gasteiger partial charge on any atom is 0.143 e. The summed E-state index contributed by atoms with van der Waals surface area (Å²) in [4.78, 5) is 0. The molecule has 0 saturated heterocycles. The van der Waals surface area contributed by atoms with Crippen molar-refractivity contribution in [3.05, 3.63) is 180 Å². The van der Waals surface area contributed by atoms with Gasteiger partial charge in [-0.05, 0) is 153 Å². The molecule has 274 valence electrons. The lowest BCUT2D eigenvalue weighted by atomic mass is 9.84. The zero-order valence-electron chi connectivity index (χ0n) is 31.6. The summed E-state index contributed by atoms with van der Waals surface area (Å²) in [5.41, 5.74) is 13.7. The predicted octanol–water partition coefficient (Wildman–Crippen LogP) is 15.9. The zero-order valence-corrected chi connectivity index (χ0v) is 31.6. The minimum absolute atomic E-state index is 0.290. The van der Waals surface area contributed by atoms with Crippen LogP contribution in [0.5, 0.6) is 0 Å².